The fraction of sp³-hybridized carbons (Fsp3) is 0.625. The standard InChI is InChI=1S/C16H25NO3S/c1-6-11-7-13(21-10(11)2)15(20)17-12(8-14(18)19)9-16(3,4)5/h7,12H,6,8-9H2,1-5H3,(H,17,20)(H,18,19). The maximum atomic E-state index is 12.3. The van der Waals surface area contributed by atoms with E-state index in [0.717, 1.165) is 11.3 Å². The van der Waals surface area contributed by atoms with E-state index in [1.807, 2.05) is 33.8 Å². The molecule has 0 fully saturated rings. The number of thiophene rings is 1. The Kier molecular flexibility index (Phi) is 5.96. The summed E-state index contributed by atoms with van der Waals surface area (Å²) in [5, 5.41) is 11.9. The number of carboxylic acids is 1. The molecule has 0 aliphatic heterocycles. The molecule has 1 unspecified atom stereocenters. The van der Waals surface area contributed by atoms with Gasteiger partial charge in [-0.3, -0.25) is 9.59 Å². The van der Waals surface area contributed by atoms with E-state index < -0.39 is 5.97 Å². The van der Waals surface area contributed by atoms with Gasteiger partial charge < -0.3 is 10.4 Å². The van der Waals surface area contributed by atoms with Crippen LogP contribution in [0.3, 0.4) is 0 Å². The van der Waals surface area contributed by atoms with Gasteiger partial charge in [0.1, 0.15) is 0 Å². The molecule has 1 aromatic rings. The minimum Gasteiger partial charge on any atom is -0.481 e. The summed E-state index contributed by atoms with van der Waals surface area (Å²) in [5.74, 6) is -1.06. The van der Waals surface area contributed by atoms with E-state index in [4.69, 9.17) is 5.11 Å². The number of nitrogens with one attached hydrogen (secondary N) is 1. The average Bonchev–Trinajstić information content (AvgIpc) is 2.67. The quantitative estimate of drug-likeness (QED) is 0.843. The first-order valence-corrected chi connectivity index (χ1v) is 8.06. The number of aliphatic carboxylic acids is 1. The van der Waals surface area contributed by atoms with Gasteiger partial charge in [0.2, 0.25) is 0 Å². The van der Waals surface area contributed by atoms with Crippen LogP contribution in [0.2, 0.25) is 0 Å². The molecule has 2 N–H and O–H groups in total. The van der Waals surface area contributed by atoms with Gasteiger partial charge in [-0.2, -0.15) is 0 Å². The first-order chi connectivity index (χ1) is 9.62. The van der Waals surface area contributed by atoms with Crippen LogP contribution < -0.4 is 5.32 Å². The van der Waals surface area contributed by atoms with E-state index in [2.05, 4.69) is 12.2 Å². The highest BCUT2D eigenvalue weighted by atomic mass is 32.1. The number of hydrogen-bond acceptors (Lipinski definition) is 3. The van der Waals surface area contributed by atoms with Crippen molar-refractivity contribution in [3.8, 4) is 0 Å². The van der Waals surface area contributed by atoms with Crippen LogP contribution >= 0.6 is 11.3 Å². The van der Waals surface area contributed by atoms with Crippen molar-refractivity contribution in [1.82, 2.24) is 5.32 Å². The lowest BCUT2D eigenvalue weighted by atomic mass is 9.87. The van der Waals surface area contributed by atoms with Gasteiger partial charge in [-0.05, 0) is 36.8 Å². The number of carbonyl (C=O) groups is 2. The second-order valence-electron chi connectivity index (χ2n) is 6.58. The third-order valence-electron chi connectivity index (χ3n) is 3.24. The lowest BCUT2D eigenvalue weighted by Gasteiger charge is -2.25. The largest absolute Gasteiger partial charge is 0.481 e. The summed E-state index contributed by atoms with van der Waals surface area (Å²) in [6.45, 7) is 10.2. The van der Waals surface area contributed by atoms with Crippen molar-refractivity contribution in [2.45, 2.75) is 59.9 Å². The van der Waals surface area contributed by atoms with E-state index >= 15 is 0 Å². The molecular weight excluding hydrogens is 286 g/mol. The Morgan fingerprint density at radius 1 is 1.38 bits per heavy atom. The molecule has 0 radical (unpaired) electrons. The third kappa shape index (κ3) is 5.87. The molecule has 1 atom stereocenters. The van der Waals surface area contributed by atoms with E-state index in [1.54, 1.807) is 0 Å². The van der Waals surface area contributed by atoms with Gasteiger partial charge >= 0.3 is 5.97 Å². The van der Waals surface area contributed by atoms with E-state index in [9.17, 15) is 9.59 Å². The molecule has 0 spiro atoms. The number of carbonyl (C=O) groups excluding carboxylic acids is 1. The van der Waals surface area contributed by atoms with Gasteiger partial charge in [0, 0.05) is 10.9 Å². The Morgan fingerprint density at radius 3 is 2.43 bits per heavy atom. The highest BCUT2D eigenvalue weighted by Crippen LogP contribution is 2.24. The molecular formula is C16H25NO3S. The van der Waals surface area contributed by atoms with Crippen LogP contribution in [0.1, 0.15) is 60.6 Å². The summed E-state index contributed by atoms with van der Waals surface area (Å²) in [6.07, 6.45) is 1.49. The zero-order chi connectivity index (χ0) is 16.2. The van der Waals surface area contributed by atoms with Gasteiger partial charge in [-0.1, -0.05) is 27.7 Å². The van der Waals surface area contributed by atoms with Crippen LogP contribution in [-0.4, -0.2) is 23.0 Å². The van der Waals surface area contributed by atoms with Crippen molar-refractivity contribution >= 4 is 23.2 Å². The number of amides is 1. The molecule has 0 aliphatic carbocycles. The first-order valence-electron chi connectivity index (χ1n) is 7.24. The Labute approximate surface area is 130 Å². The average molecular weight is 311 g/mol. The molecule has 21 heavy (non-hydrogen) atoms. The zero-order valence-corrected chi connectivity index (χ0v) is 14.3. The molecule has 1 heterocycles. The van der Waals surface area contributed by atoms with Gasteiger partial charge in [-0.15, -0.1) is 11.3 Å². The van der Waals surface area contributed by atoms with Crippen LogP contribution in [0.4, 0.5) is 0 Å². The monoisotopic (exact) mass is 311 g/mol. The maximum absolute atomic E-state index is 12.3. The van der Waals surface area contributed by atoms with Crippen molar-refractivity contribution in [1.29, 1.82) is 0 Å². The Balaban J connectivity index is 2.81. The Hall–Kier alpha value is -1.36. The molecule has 0 aliphatic rings. The minimum absolute atomic E-state index is 0.0344. The third-order valence-corrected chi connectivity index (χ3v) is 4.33. The number of rotatable bonds is 6. The van der Waals surface area contributed by atoms with Crippen LogP contribution in [0.15, 0.2) is 6.07 Å². The van der Waals surface area contributed by atoms with E-state index in [-0.39, 0.29) is 23.8 Å². The smallest absolute Gasteiger partial charge is 0.305 e. The second kappa shape index (κ2) is 7.07. The Morgan fingerprint density at radius 2 is 2.00 bits per heavy atom. The maximum Gasteiger partial charge on any atom is 0.305 e. The summed E-state index contributed by atoms with van der Waals surface area (Å²) in [5.41, 5.74) is 1.14. The van der Waals surface area contributed by atoms with Crippen LogP contribution in [0.25, 0.3) is 0 Å². The normalized spacial score (nSPS) is 13.0. The number of carboxylic acid groups (broad SMARTS) is 1. The lowest BCUT2D eigenvalue weighted by Crippen LogP contribution is -2.38. The molecule has 1 amide bonds. The molecule has 5 heteroatoms. The summed E-state index contributed by atoms with van der Waals surface area (Å²) in [6, 6.07) is 1.56. The molecule has 4 nitrogen and oxygen atoms in total. The van der Waals surface area contributed by atoms with Crippen molar-refractivity contribution < 1.29 is 14.7 Å². The van der Waals surface area contributed by atoms with Crippen molar-refractivity contribution in [3.05, 3.63) is 21.4 Å². The predicted octanol–water partition coefficient (Wildman–Crippen LogP) is 3.63. The van der Waals surface area contributed by atoms with Gasteiger partial charge in [-0.25, -0.2) is 0 Å². The molecule has 118 valence electrons. The highest BCUT2D eigenvalue weighted by Gasteiger charge is 2.24. The predicted molar refractivity (Wildman–Crippen MR) is 86.0 cm³/mol. The number of hydrogen-bond donors (Lipinski definition) is 2. The first kappa shape index (κ1) is 17.7. The summed E-state index contributed by atoms with van der Waals surface area (Å²) >= 11 is 1.47. The van der Waals surface area contributed by atoms with Gasteiger partial charge in [0.25, 0.3) is 5.91 Å². The highest BCUT2D eigenvalue weighted by molar-refractivity contribution is 7.14. The van der Waals surface area contributed by atoms with E-state index in [0.29, 0.717) is 11.3 Å². The number of aryl methyl sites for hydroxylation is 2. The SMILES string of the molecule is CCc1cc(C(=O)NC(CC(=O)O)CC(C)(C)C)sc1C. The second-order valence-corrected chi connectivity index (χ2v) is 7.83. The van der Waals surface area contributed by atoms with Gasteiger partial charge in [0.05, 0.1) is 11.3 Å². The van der Waals surface area contributed by atoms with Crippen molar-refractivity contribution in [2.24, 2.45) is 5.41 Å². The summed E-state index contributed by atoms with van der Waals surface area (Å²) in [4.78, 5) is 25.1. The topological polar surface area (TPSA) is 66.4 Å². The minimum atomic E-state index is -0.888. The molecule has 0 bridgehead atoms. The summed E-state index contributed by atoms with van der Waals surface area (Å²) < 4.78 is 0. The van der Waals surface area contributed by atoms with Gasteiger partial charge in [0.15, 0.2) is 0 Å². The van der Waals surface area contributed by atoms with Crippen molar-refractivity contribution in [2.75, 3.05) is 0 Å². The molecule has 0 aromatic carbocycles. The lowest BCUT2D eigenvalue weighted by molar-refractivity contribution is -0.137. The molecule has 1 rings (SSSR count). The fourth-order valence-electron chi connectivity index (χ4n) is 2.36. The van der Waals surface area contributed by atoms with Crippen LogP contribution in [-0.2, 0) is 11.2 Å². The van der Waals surface area contributed by atoms with Crippen LogP contribution in [0.5, 0.6) is 0 Å². The zero-order valence-electron chi connectivity index (χ0n) is 13.4. The molecule has 0 saturated heterocycles. The summed E-state index contributed by atoms with van der Waals surface area (Å²) in [7, 11) is 0. The van der Waals surface area contributed by atoms with Crippen molar-refractivity contribution in [3.63, 3.8) is 0 Å². The molecule has 0 saturated carbocycles. The molecule has 1 aromatic heterocycles. The van der Waals surface area contributed by atoms with Crippen LogP contribution in [0, 0.1) is 12.3 Å². The van der Waals surface area contributed by atoms with E-state index in [1.165, 1.54) is 16.9 Å². The fourth-order valence-corrected chi connectivity index (χ4v) is 3.38. The Bertz CT molecular complexity index is 514.